The van der Waals surface area contributed by atoms with Gasteiger partial charge in [0.25, 0.3) is 0 Å². The largest absolute Gasteiger partial charge is 0.362 e. The molecule has 0 saturated carbocycles. The van der Waals surface area contributed by atoms with Crippen molar-refractivity contribution in [3.63, 3.8) is 0 Å². The van der Waals surface area contributed by atoms with Gasteiger partial charge in [-0.05, 0) is 48.9 Å². The number of nitrogens with two attached hydrogens (primary N) is 1. The molecule has 3 N–H and O–H groups in total. The van der Waals surface area contributed by atoms with Crippen molar-refractivity contribution in [1.29, 1.82) is 0 Å². The summed E-state index contributed by atoms with van der Waals surface area (Å²) in [6, 6.07) is 17.7. The number of rotatable bonds is 5. The van der Waals surface area contributed by atoms with Crippen LogP contribution in [-0.4, -0.2) is 33.1 Å². The Kier molecular flexibility index (Phi) is 5.07. The van der Waals surface area contributed by atoms with Crippen LogP contribution in [0.4, 0.5) is 15.9 Å². The molecule has 1 aliphatic heterocycles. The Hall–Kier alpha value is -3.78. The van der Waals surface area contributed by atoms with Crippen molar-refractivity contribution in [2.24, 2.45) is 5.73 Å². The molecular weight excluding hydrogens is 407 g/mol. The van der Waals surface area contributed by atoms with E-state index in [0.29, 0.717) is 24.4 Å². The smallest absolute Gasteiger partial charge is 0.228 e. The molecule has 1 saturated heterocycles. The minimum Gasteiger partial charge on any atom is -0.362 e. The number of amides is 1. The topological polar surface area (TPSA) is 88.5 Å². The van der Waals surface area contributed by atoms with Gasteiger partial charge in [-0.1, -0.05) is 24.3 Å². The molecular formula is C24H23FN6O. The molecule has 1 aliphatic rings. The van der Waals surface area contributed by atoms with Gasteiger partial charge < -0.3 is 16.0 Å². The molecule has 3 heterocycles. The van der Waals surface area contributed by atoms with Gasteiger partial charge in [0, 0.05) is 30.3 Å². The third-order valence-corrected chi connectivity index (χ3v) is 5.71. The van der Waals surface area contributed by atoms with Crippen molar-refractivity contribution in [2.75, 3.05) is 16.8 Å². The molecule has 8 heteroatoms. The average Bonchev–Trinajstić information content (AvgIpc) is 3.36. The fourth-order valence-corrected chi connectivity index (χ4v) is 4.03. The Morgan fingerprint density at radius 1 is 1.16 bits per heavy atom. The van der Waals surface area contributed by atoms with Gasteiger partial charge in [-0.2, -0.15) is 0 Å². The molecule has 7 nitrogen and oxygen atoms in total. The van der Waals surface area contributed by atoms with Gasteiger partial charge in [0.1, 0.15) is 11.6 Å². The first kappa shape index (κ1) is 20.1. The summed E-state index contributed by atoms with van der Waals surface area (Å²) < 4.78 is 15.3. The molecule has 2 atom stereocenters. The van der Waals surface area contributed by atoms with Crippen molar-refractivity contribution in [3.8, 4) is 11.3 Å². The van der Waals surface area contributed by atoms with Crippen LogP contribution in [0.3, 0.4) is 0 Å². The van der Waals surface area contributed by atoms with Crippen molar-refractivity contribution >= 4 is 23.1 Å². The second-order valence-electron chi connectivity index (χ2n) is 8.07. The number of imidazole rings is 1. The van der Waals surface area contributed by atoms with Crippen molar-refractivity contribution in [3.05, 3.63) is 78.2 Å². The van der Waals surface area contributed by atoms with Gasteiger partial charge in [0.05, 0.1) is 17.9 Å². The van der Waals surface area contributed by atoms with Gasteiger partial charge >= 0.3 is 0 Å². The maximum Gasteiger partial charge on any atom is 0.228 e. The second-order valence-corrected chi connectivity index (χ2v) is 8.07. The Morgan fingerprint density at radius 2 is 1.97 bits per heavy atom. The lowest BCUT2D eigenvalue weighted by Gasteiger charge is -2.16. The van der Waals surface area contributed by atoms with Gasteiger partial charge in [-0.3, -0.25) is 4.79 Å². The van der Waals surface area contributed by atoms with Crippen LogP contribution in [0.5, 0.6) is 0 Å². The summed E-state index contributed by atoms with van der Waals surface area (Å²) in [5, 5.41) is 8.01. The van der Waals surface area contributed by atoms with Crippen LogP contribution < -0.4 is 16.0 Å². The van der Waals surface area contributed by atoms with Crippen LogP contribution in [0, 0.1) is 5.82 Å². The van der Waals surface area contributed by atoms with Gasteiger partial charge in [-0.25, -0.2) is 13.9 Å². The van der Waals surface area contributed by atoms with Crippen LogP contribution in [0.25, 0.3) is 16.9 Å². The number of fused-ring (bicyclic) bond motifs is 1. The zero-order valence-corrected chi connectivity index (χ0v) is 17.6. The van der Waals surface area contributed by atoms with E-state index in [1.807, 2.05) is 49.4 Å². The van der Waals surface area contributed by atoms with Crippen molar-refractivity contribution in [2.45, 2.75) is 25.4 Å². The lowest BCUT2D eigenvalue weighted by Crippen LogP contribution is -2.27. The number of anilines is 2. The van der Waals surface area contributed by atoms with E-state index >= 15 is 0 Å². The van der Waals surface area contributed by atoms with E-state index in [2.05, 4.69) is 15.4 Å². The molecule has 162 valence electrons. The van der Waals surface area contributed by atoms with Gasteiger partial charge in [-0.15, -0.1) is 5.10 Å². The lowest BCUT2D eigenvalue weighted by atomic mass is 10.1. The van der Waals surface area contributed by atoms with E-state index in [9.17, 15) is 9.18 Å². The van der Waals surface area contributed by atoms with Crippen LogP contribution in [0.1, 0.15) is 24.9 Å². The molecule has 0 radical (unpaired) electrons. The molecule has 1 amide bonds. The van der Waals surface area contributed by atoms with E-state index in [-0.39, 0.29) is 23.8 Å². The summed E-state index contributed by atoms with van der Waals surface area (Å²) in [6.45, 7) is 2.49. The van der Waals surface area contributed by atoms with Crippen LogP contribution >= 0.6 is 0 Å². The number of nitrogens with zero attached hydrogens (tertiary/aromatic N) is 4. The molecule has 1 unspecified atom stereocenters. The number of aromatic nitrogens is 3. The summed E-state index contributed by atoms with van der Waals surface area (Å²) in [6.07, 6.45) is 2.15. The molecule has 2 aromatic heterocycles. The Morgan fingerprint density at radius 3 is 2.69 bits per heavy atom. The summed E-state index contributed by atoms with van der Waals surface area (Å²) in [5.74, 6) is 0.434. The SMILES string of the molecule is CC(Nc1ccc2ncc(-c3ccc(N4C[C@@H](N)CC4=O)cc3)n2n1)c1cccc(F)c1. The maximum absolute atomic E-state index is 13.6. The monoisotopic (exact) mass is 430 g/mol. The molecule has 0 bridgehead atoms. The standard InChI is InChI=1S/C24H23FN6O/c1-15(17-3-2-4-18(25)11-17)28-22-9-10-23-27-13-21(31(23)29-22)16-5-7-20(8-6-16)30-14-19(26)12-24(30)32/h2-11,13,15,19H,12,14,26H2,1H3,(H,28,29)/t15?,19-/m0/s1. The number of hydrogen-bond donors (Lipinski definition) is 2. The van der Waals surface area contributed by atoms with E-state index in [4.69, 9.17) is 5.73 Å². The highest BCUT2D eigenvalue weighted by atomic mass is 19.1. The normalized spacial score (nSPS) is 17.2. The number of carbonyl (C=O) groups is 1. The van der Waals surface area contributed by atoms with E-state index < -0.39 is 0 Å². The van der Waals surface area contributed by atoms with Gasteiger partial charge in [0.15, 0.2) is 5.65 Å². The third kappa shape index (κ3) is 3.80. The highest BCUT2D eigenvalue weighted by molar-refractivity contribution is 5.96. The predicted octanol–water partition coefficient (Wildman–Crippen LogP) is 3.77. The summed E-state index contributed by atoms with van der Waals surface area (Å²) in [5.41, 5.74) is 10.1. The van der Waals surface area contributed by atoms with Crippen LogP contribution in [0.15, 0.2) is 66.9 Å². The number of nitrogens with one attached hydrogen (secondary N) is 1. The number of benzene rings is 2. The minimum atomic E-state index is -0.266. The first-order valence-electron chi connectivity index (χ1n) is 10.5. The highest BCUT2D eigenvalue weighted by Crippen LogP contribution is 2.27. The summed E-state index contributed by atoms with van der Waals surface area (Å²) >= 11 is 0. The number of hydrogen-bond acceptors (Lipinski definition) is 5. The van der Waals surface area contributed by atoms with Crippen LogP contribution in [0.2, 0.25) is 0 Å². The average molecular weight is 430 g/mol. The van der Waals surface area contributed by atoms with Crippen molar-refractivity contribution in [1.82, 2.24) is 14.6 Å². The van der Waals surface area contributed by atoms with Gasteiger partial charge in [0.2, 0.25) is 5.91 Å². The maximum atomic E-state index is 13.6. The molecule has 0 aliphatic carbocycles. The first-order valence-corrected chi connectivity index (χ1v) is 10.5. The zero-order valence-electron chi connectivity index (χ0n) is 17.6. The Balaban J connectivity index is 1.41. The molecule has 0 spiro atoms. The predicted molar refractivity (Wildman–Crippen MR) is 122 cm³/mol. The molecule has 4 aromatic rings. The molecule has 32 heavy (non-hydrogen) atoms. The fraction of sp³-hybridized carbons (Fsp3) is 0.208. The second kappa shape index (κ2) is 8.05. The van der Waals surface area contributed by atoms with E-state index in [1.54, 1.807) is 21.7 Å². The summed E-state index contributed by atoms with van der Waals surface area (Å²) in [7, 11) is 0. The molecule has 2 aromatic carbocycles. The lowest BCUT2D eigenvalue weighted by molar-refractivity contribution is -0.117. The quantitative estimate of drug-likeness (QED) is 0.503. The number of carbonyl (C=O) groups excluding carboxylic acids is 1. The molecule has 5 rings (SSSR count). The first-order chi connectivity index (χ1) is 15.5. The third-order valence-electron chi connectivity index (χ3n) is 5.71. The minimum absolute atomic E-state index is 0.0462. The Bertz CT molecular complexity index is 1290. The summed E-state index contributed by atoms with van der Waals surface area (Å²) in [4.78, 5) is 18.3. The zero-order chi connectivity index (χ0) is 22.2. The van der Waals surface area contributed by atoms with E-state index in [0.717, 1.165) is 22.5 Å². The van der Waals surface area contributed by atoms with Crippen LogP contribution in [-0.2, 0) is 4.79 Å². The number of halogens is 1. The highest BCUT2D eigenvalue weighted by Gasteiger charge is 2.28. The van der Waals surface area contributed by atoms with Crippen molar-refractivity contribution < 1.29 is 9.18 Å². The molecule has 1 fully saturated rings. The fourth-order valence-electron chi connectivity index (χ4n) is 4.03. The van der Waals surface area contributed by atoms with E-state index in [1.165, 1.54) is 12.1 Å². The Labute approximate surface area is 184 Å².